The molecule has 90 heavy (non-hydrogen) atoms. The number of amides is 11. The normalized spacial score (nSPS) is 24.2. The fraction of sp³-hybridized carbons (Fsp3) is 0.734. The van der Waals surface area contributed by atoms with Crippen molar-refractivity contribution in [1.82, 2.24) is 55.6 Å². The van der Waals surface area contributed by atoms with Crippen LogP contribution in [0.1, 0.15) is 157 Å². The number of aryl methyl sites for hydroxylation is 1. The quantitative estimate of drug-likeness (QED) is 0.191. The highest BCUT2D eigenvalue weighted by Gasteiger charge is 2.43. The molecule has 1 heterocycles. The first-order chi connectivity index (χ1) is 41.7. The summed E-state index contributed by atoms with van der Waals surface area (Å²) < 4.78 is 55.6. The van der Waals surface area contributed by atoms with Gasteiger partial charge in [0.25, 0.3) is 0 Å². The van der Waals surface area contributed by atoms with Gasteiger partial charge in [0.1, 0.15) is 47.6 Å². The molecule has 1 aromatic rings. The Balaban J connectivity index is 2.20. The summed E-state index contributed by atoms with van der Waals surface area (Å²) in [7, 11) is 9.75. The molecule has 22 nitrogen and oxygen atoms in total. The van der Waals surface area contributed by atoms with Gasteiger partial charge in [0.2, 0.25) is 65.0 Å². The lowest BCUT2D eigenvalue weighted by Crippen LogP contribution is -2.63. The molecule has 2 fully saturated rings. The number of hydrogen-bond acceptors (Lipinski definition) is 11. The van der Waals surface area contributed by atoms with E-state index in [1.165, 1.54) is 77.9 Å². The van der Waals surface area contributed by atoms with Gasteiger partial charge in [0.15, 0.2) is 0 Å². The second-order valence-corrected chi connectivity index (χ2v) is 26.7. The van der Waals surface area contributed by atoms with Crippen molar-refractivity contribution in [2.24, 2.45) is 29.6 Å². The standard InChI is InChI=1S/C64H103F4N11O11/c1-18-41(8)55-61(89)76(14)36-53(82)74(12)37-54(83)78(16)50(34-42-22-20-19-21-23-42)60(88)75(13)35-51(80)69-46(27-25-43-24-26-44(45(65)33-43)64(66,67)68)56(84)70-48(31-39(4)5)59(87)79(17)63(9,10)62(90)71-47(30-38(2)3)58(86)73(11)29-28-52(81)77(15)49(32-40(6)7)57(85)72-55/h24,26,33,38-42,46-50,55H,18-23,25,27-32,34-37H2,1-17H3,(H,69,80)(H,70,84)(H,71,90)(H,72,85)/t41?,46-,47-,48-,49-,50-,55-/m0/s1. The van der Waals surface area contributed by atoms with Gasteiger partial charge in [-0.05, 0) is 99.7 Å². The van der Waals surface area contributed by atoms with Crippen molar-refractivity contribution in [1.29, 1.82) is 0 Å². The number of rotatable bonds is 13. The third-order valence-electron chi connectivity index (χ3n) is 17.5. The highest BCUT2D eigenvalue weighted by Crippen LogP contribution is 2.33. The summed E-state index contributed by atoms with van der Waals surface area (Å²) in [6, 6.07) is -5.17. The van der Waals surface area contributed by atoms with E-state index >= 15 is 0 Å². The minimum atomic E-state index is -5.00. The lowest BCUT2D eigenvalue weighted by atomic mass is 9.84. The zero-order valence-electron chi connectivity index (χ0n) is 56.2. The number of carbonyl (C=O) groups excluding carboxylic acids is 11. The van der Waals surface area contributed by atoms with Crippen LogP contribution in [0, 0.1) is 35.4 Å². The maximum atomic E-state index is 14.9. The summed E-state index contributed by atoms with van der Waals surface area (Å²) in [5, 5.41) is 11.0. The van der Waals surface area contributed by atoms with Crippen LogP contribution in [-0.4, -0.2) is 217 Å². The lowest BCUT2D eigenvalue weighted by Gasteiger charge is -2.38. The molecule has 1 saturated carbocycles. The lowest BCUT2D eigenvalue weighted by molar-refractivity contribution is -0.149. The molecule has 1 aliphatic carbocycles. The zero-order valence-corrected chi connectivity index (χ0v) is 56.2. The number of carbonyl (C=O) groups is 11. The maximum absolute atomic E-state index is 14.9. The molecule has 1 aliphatic heterocycles. The molecular weight excluding hydrogens is 1170 g/mol. The Hall–Kier alpha value is -6.89. The topological polar surface area (TPSA) is 259 Å². The SMILES string of the molecule is CCC(C)[C@@H]1NC(=O)[C@H](CC(C)C)N(C)C(=O)CCN(C)C(=O)[C@H](CC(C)C)NC(=O)C(C)(C)N(C)C(=O)[C@H](CC(C)C)NC(=O)[C@H](CCc2ccc(C(F)(F)F)c(F)c2)NC(=O)CN(C)C(=O)[C@H](CC2CCCCC2)N(C)C(=O)CN(C)C(=O)CN(C)C1=O. The van der Waals surface area contributed by atoms with Crippen LogP contribution < -0.4 is 21.3 Å². The molecule has 0 spiro atoms. The summed E-state index contributed by atoms with van der Waals surface area (Å²) in [4.78, 5) is 166. The number of nitrogens with one attached hydrogen (secondary N) is 4. The average molecular weight is 1280 g/mol. The van der Waals surface area contributed by atoms with Crippen molar-refractivity contribution in [3.63, 3.8) is 0 Å². The molecule has 1 aromatic carbocycles. The molecular formula is C64H103F4N11O11. The van der Waals surface area contributed by atoms with Gasteiger partial charge in [-0.15, -0.1) is 0 Å². The van der Waals surface area contributed by atoms with Gasteiger partial charge in [-0.1, -0.05) is 100.0 Å². The number of halogens is 4. The fourth-order valence-corrected chi connectivity index (χ4v) is 11.2. The van der Waals surface area contributed by atoms with Gasteiger partial charge < -0.3 is 55.6 Å². The highest BCUT2D eigenvalue weighted by atomic mass is 19.4. The summed E-state index contributed by atoms with van der Waals surface area (Å²) in [5.41, 5.74) is -3.18. The fourth-order valence-electron chi connectivity index (χ4n) is 11.2. The molecule has 3 rings (SSSR count). The Morgan fingerprint density at radius 1 is 0.578 bits per heavy atom. The van der Waals surface area contributed by atoms with Gasteiger partial charge in [-0.25, -0.2) is 4.39 Å². The Bertz CT molecular complexity index is 2690. The molecule has 2 aliphatic rings. The van der Waals surface area contributed by atoms with Gasteiger partial charge >= 0.3 is 6.18 Å². The number of nitrogens with zero attached hydrogens (tertiary/aromatic N) is 7. The Morgan fingerprint density at radius 2 is 1.12 bits per heavy atom. The molecule has 1 saturated heterocycles. The van der Waals surface area contributed by atoms with Crippen molar-refractivity contribution < 1.29 is 70.3 Å². The predicted molar refractivity (Wildman–Crippen MR) is 332 cm³/mol. The second-order valence-electron chi connectivity index (χ2n) is 26.7. The van der Waals surface area contributed by atoms with Crippen molar-refractivity contribution >= 4 is 65.0 Å². The van der Waals surface area contributed by atoms with Crippen LogP contribution in [0.2, 0.25) is 0 Å². The molecule has 0 bridgehead atoms. The number of likely N-dealkylation sites (N-methyl/N-ethyl adjacent to an activating group) is 7. The molecule has 7 atom stereocenters. The Kier molecular flexibility index (Phi) is 29.7. The van der Waals surface area contributed by atoms with Crippen LogP contribution in [0.15, 0.2) is 18.2 Å². The number of hydrogen-bond donors (Lipinski definition) is 4. The van der Waals surface area contributed by atoms with Crippen LogP contribution in [0.5, 0.6) is 0 Å². The number of benzene rings is 1. The third-order valence-corrected chi connectivity index (χ3v) is 17.5. The van der Waals surface area contributed by atoms with Gasteiger partial charge in [0.05, 0.1) is 25.2 Å². The van der Waals surface area contributed by atoms with E-state index in [4.69, 9.17) is 0 Å². The molecule has 508 valence electrons. The second kappa shape index (κ2) is 34.5. The van der Waals surface area contributed by atoms with E-state index < -0.39 is 150 Å². The van der Waals surface area contributed by atoms with E-state index in [0.29, 0.717) is 18.6 Å². The Morgan fingerprint density at radius 3 is 1.67 bits per heavy atom. The van der Waals surface area contributed by atoms with Gasteiger partial charge in [0, 0.05) is 62.3 Å². The van der Waals surface area contributed by atoms with Crippen LogP contribution in [-0.2, 0) is 65.3 Å². The first-order valence-electron chi connectivity index (χ1n) is 31.6. The molecule has 1 unspecified atom stereocenters. The van der Waals surface area contributed by atoms with Crippen LogP contribution >= 0.6 is 0 Å². The summed E-state index contributed by atoms with van der Waals surface area (Å²) in [5.74, 6) is -10.1. The largest absolute Gasteiger partial charge is 0.419 e. The van der Waals surface area contributed by atoms with Crippen molar-refractivity contribution in [2.45, 2.75) is 201 Å². The Labute approximate surface area is 530 Å². The van der Waals surface area contributed by atoms with Crippen molar-refractivity contribution in [2.75, 3.05) is 75.5 Å². The maximum Gasteiger partial charge on any atom is 0.419 e. The van der Waals surface area contributed by atoms with E-state index in [9.17, 15) is 70.3 Å². The van der Waals surface area contributed by atoms with Crippen LogP contribution in [0.3, 0.4) is 0 Å². The van der Waals surface area contributed by atoms with E-state index in [0.717, 1.165) is 57.8 Å². The molecule has 0 radical (unpaired) electrons. The van der Waals surface area contributed by atoms with E-state index in [2.05, 4.69) is 21.3 Å². The predicted octanol–water partition coefficient (Wildman–Crippen LogP) is 5.00. The zero-order chi connectivity index (χ0) is 68.4. The average Bonchev–Trinajstić information content (AvgIpc) is 1.26. The summed E-state index contributed by atoms with van der Waals surface area (Å²) >= 11 is 0. The molecule has 26 heteroatoms. The molecule has 4 N–H and O–H groups in total. The smallest absolute Gasteiger partial charge is 0.343 e. The van der Waals surface area contributed by atoms with Crippen LogP contribution in [0.25, 0.3) is 0 Å². The first kappa shape index (κ1) is 77.4. The number of alkyl halides is 3. The molecule has 0 aromatic heterocycles. The van der Waals surface area contributed by atoms with Crippen LogP contribution in [0.4, 0.5) is 17.6 Å². The minimum absolute atomic E-state index is 0.00143. The summed E-state index contributed by atoms with van der Waals surface area (Å²) in [6.07, 6.45) is -0.595. The van der Waals surface area contributed by atoms with E-state index in [-0.39, 0.29) is 80.7 Å². The van der Waals surface area contributed by atoms with Gasteiger partial charge in [-0.2, -0.15) is 13.2 Å². The van der Waals surface area contributed by atoms with Gasteiger partial charge in [-0.3, -0.25) is 52.7 Å². The third kappa shape index (κ3) is 22.5. The van der Waals surface area contributed by atoms with E-state index in [1.54, 1.807) is 20.8 Å². The molecule has 11 amide bonds. The summed E-state index contributed by atoms with van der Waals surface area (Å²) in [6.45, 7) is 15.6. The monoisotopic (exact) mass is 1280 g/mol. The highest BCUT2D eigenvalue weighted by molar-refractivity contribution is 5.98. The first-order valence-corrected chi connectivity index (χ1v) is 31.6. The van der Waals surface area contributed by atoms with Crippen molar-refractivity contribution in [3.05, 3.63) is 35.1 Å². The minimum Gasteiger partial charge on any atom is -0.343 e. The van der Waals surface area contributed by atoms with Crippen molar-refractivity contribution in [3.8, 4) is 0 Å². The van der Waals surface area contributed by atoms with E-state index in [1.807, 2.05) is 34.6 Å².